The van der Waals surface area contributed by atoms with E-state index in [4.69, 9.17) is 4.74 Å². The van der Waals surface area contributed by atoms with Gasteiger partial charge in [-0.15, -0.1) is 0 Å². The average Bonchev–Trinajstić information content (AvgIpc) is 2.69. The van der Waals surface area contributed by atoms with Gasteiger partial charge in [0.05, 0.1) is 4.90 Å². The van der Waals surface area contributed by atoms with Crippen LogP contribution in [0.4, 0.5) is 0 Å². The minimum absolute atomic E-state index is 0.0673. The number of benzene rings is 2. The van der Waals surface area contributed by atoms with Gasteiger partial charge in [-0.1, -0.05) is 50.2 Å². The number of nitrogens with one attached hydrogen (secondary N) is 2. The van der Waals surface area contributed by atoms with Crippen molar-refractivity contribution in [3.63, 3.8) is 0 Å². The zero-order valence-electron chi connectivity index (χ0n) is 19.4. The van der Waals surface area contributed by atoms with E-state index in [-0.39, 0.29) is 16.7 Å². The minimum Gasteiger partial charge on any atom is -0.459 e. The number of ether oxygens (including phenoxy) is 1. The number of sulfonamides is 1. The zero-order valence-corrected chi connectivity index (χ0v) is 20.2. The molecule has 0 fully saturated rings. The van der Waals surface area contributed by atoms with Gasteiger partial charge in [-0.05, 0) is 55.5 Å². The molecule has 0 unspecified atom stereocenters. The first-order valence-corrected chi connectivity index (χ1v) is 12.0. The minimum atomic E-state index is -3.92. The molecule has 0 bridgehead atoms. The van der Waals surface area contributed by atoms with Gasteiger partial charge >= 0.3 is 5.97 Å². The molecule has 2 aromatic rings. The summed E-state index contributed by atoms with van der Waals surface area (Å²) in [5.41, 5.74) is 2.02. The smallest absolute Gasteiger partial charge is 0.324 e. The second-order valence-electron chi connectivity index (χ2n) is 9.01. The SMILES string of the molecule is CC(=O)NCc1ccc(-c2ccc(S(=O)(=O)N[C@@H](C(=O)OC(C)(C)C)C(C)C)cc2)cc1. The van der Waals surface area contributed by atoms with Crippen molar-refractivity contribution in [1.82, 2.24) is 10.0 Å². The molecular formula is C24H32N2O5S. The lowest BCUT2D eigenvalue weighted by Gasteiger charge is -2.26. The Bertz CT molecular complexity index is 1040. The van der Waals surface area contributed by atoms with Crippen LogP contribution in [-0.2, 0) is 30.9 Å². The number of carbonyl (C=O) groups excluding carboxylic acids is 2. The van der Waals surface area contributed by atoms with Crippen LogP contribution >= 0.6 is 0 Å². The third kappa shape index (κ3) is 7.46. The lowest BCUT2D eigenvalue weighted by Crippen LogP contribution is -2.47. The van der Waals surface area contributed by atoms with Gasteiger partial charge in [-0.2, -0.15) is 4.72 Å². The van der Waals surface area contributed by atoms with Crippen LogP contribution in [-0.4, -0.2) is 31.9 Å². The fourth-order valence-corrected chi connectivity index (χ4v) is 4.26. The monoisotopic (exact) mass is 460 g/mol. The molecule has 0 aliphatic carbocycles. The van der Waals surface area contributed by atoms with E-state index < -0.39 is 27.6 Å². The fourth-order valence-electron chi connectivity index (χ4n) is 2.92. The van der Waals surface area contributed by atoms with Crippen molar-refractivity contribution in [2.75, 3.05) is 0 Å². The summed E-state index contributed by atoms with van der Waals surface area (Å²) in [6.07, 6.45) is 0. The topological polar surface area (TPSA) is 102 Å². The summed E-state index contributed by atoms with van der Waals surface area (Å²) in [4.78, 5) is 23.6. The molecule has 32 heavy (non-hydrogen) atoms. The summed E-state index contributed by atoms with van der Waals surface area (Å²) in [7, 11) is -3.92. The highest BCUT2D eigenvalue weighted by atomic mass is 32.2. The van der Waals surface area contributed by atoms with Gasteiger partial charge in [0.25, 0.3) is 0 Å². The molecule has 0 saturated carbocycles. The largest absolute Gasteiger partial charge is 0.459 e. The predicted molar refractivity (Wildman–Crippen MR) is 124 cm³/mol. The highest BCUT2D eigenvalue weighted by Crippen LogP contribution is 2.23. The maximum Gasteiger partial charge on any atom is 0.324 e. The number of rotatable bonds is 8. The van der Waals surface area contributed by atoms with Crippen molar-refractivity contribution < 1.29 is 22.7 Å². The summed E-state index contributed by atoms with van der Waals surface area (Å²) in [6, 6.07) is 13.1. The van der Waals surface area contributed by atoms with Crippen molar-refractivity contribution in [3.05, 3.63) is 54.1 Å². The normalized spacial score (nSPS) is 13.0. The molecule has 0 aliphatic heterocycles. The first-order chi connectivity index (χ1) is 14.8. The third-order valence-electron chi connectivity index (χ3n) is 4.60. The van der Waals surface area contributed by atoms with Gasteiger partial charge in [-0.25, -0.2) is 8.42 Å². The van der Waals surface area contributed by atoms with Crippen molar-refractivity contribution >= 4 is 21.9 Å². The van der Waals surface area contributed by atoms with Gasteiger partial charge < -0.3 is 10.1 Å². The molecule has 1 atom stereocenters. The third-order valence-corrected chi connectivity index (χ3v) is 6.06. The van der Waals surface area contributed by atoms with E-state index in [1.54, 1.807) is 46.8 Å². The number of esters is 1. The van der Waals surface area contributed by atoms with E-state index in [1.807, 2.05) is 24.3 Å². The molecule has 0 spiro atoms. The number of carbonyl (C=O) groups is 2. The lowest BCUT2D eigenvalue weighted by molar-refractivity contribution is -0.158. The molecule has 0 aliphatic rings. The van der Waals surface area contributed by atoms with Crippen LogP contribution < -0.4 is 10.0 Å². The first-order valence-electron chi connectivity index (χ1n) is 10.5. The summed E-state index contributed by atoms with van der Waals surface area (Å²) < 4.78 is 33.6. The van der Waals surface area contributed by atoms with E-state index in [2.05, 4.69) is 10.0 Å². The van der Waals surface area contributed by atoms with Gasteiger partial charge in [0, 0.05) is 13.5 Å². The Kier molecular flexibility index (Phi) is 8.20. The molecule has 8 heteroatoms. The molecule has 2 aromatic carbocycles. The van der Waals surface area contributed by atoms with Crippen molar-refractivity contribution in [2.45, 2.75) is 64.6 Å². The molecule has 0 heterocycles. The summed E-state index contributed by atoms with van der Waals surface area (Å²) in [6.45, 7) is 10.7. The molecule has 0 radical (unpaired) electrons. The van der Waals surface area contributed by atoms with Crippen LogP contribution in [0, 0.1) is 5.92 Å². The van der Waals surface area contributed by atoms with Crippen LogP contribution in [0.2, 0.25) is 0 Å². The molecule has 0 aromatic heterocycles. The Labute approximate surface area is 190 Å². The van der Waals surface area contributed by atoms with E-state index >= 15 is 0 Å². The van der Waals surface area contributed by atoms with Gasteiger partial charge in [0.1, 0.15) is 11.6 Å². The van der Waals surface area contributed by atoms with Crippen LogP contribution in [0.3, 0.4) is 0 Å². The van der Waals surface area contributed by atoms with Crippen LogP contribution in [0.15, 0.2) is 53.4 Å². The molecule has 7 nitrogen and oxygen atoms in total. The van der Waals surface area contributed by atoms with Crippen LogP contribution in [0.1, 0.15) is 47.1 Å². The van der Waals surface area contributed by atoms with Crippen LogP contribution in [0.5, 0.6) is 0 Å². The Balaban J connectivity index is 2.16. The van der Waals surface area contributed by atoms with E-state index in [0.717, 1.165) is 16.7 Å². The quantitative estimate of drug-likeness (QED) is 0.586. The Morgan fingerprint density at radius 1 is 0.938 bits per heavy atom. The van der Waals surface area contributed by atoms with Gasteiger partial charge in [0.2, 0.25) is 15.9 Å². The number of hydrogen-bond acceptors (Lipinski definition) is 5. The predicted octanol–water partition coefficient (Wildman–Crippen LogP) is 3.63. The Morgan fingerprint density at radius 3 is 1.88 bits per heavy atom. The maximum atomic E-state index is 12.9. The molecule has 2 N–H and O–H groups in total. The maximum absolute atomic E-state index is 12.9. The average molecular weight is 461 g/mol. The molecule has 1 amide bonds. The molecule has 0 saturated heterocycles. The van der Waals surface area contributed by atoms with Gasteiger partial charge in [-0.3, -0.25) is 9.59 Å². The molecular weight excluding hydrogens is 428 g/mol. The summed E-state index contributed by atoms with van der Waals surface area (Å²) in [5, 5.41) is 2.74. The number of hydrogen-bond donors (Lipinski definition) is 2. The first kappa shape index (κ1) is 25.5. The summed E-state index contributed by atoms with van der Waals surface area (Å²) in [5.74, 6) is -0.979. The summed E-state index contributed by atoms with van der Waals surface area (Å²) >= 11 is 0. The van der Waals surface area contributed by atoms with E-state index in [1.165, 1.54) is 19.1 Å². The number of amides is 1. The Morgan fingerprint density at radius 2 is 1.44 bits per heavy atom. The van der Waals surface area contributed by atoms with Crippen molar-refractivity contribution in [3.8, 4) is 11.1 Å². The second kappa shape index (κ2) is 10.3. The highest BCUT2D eigenvalue weighted by Gasteiger charge is 2.32. The Hall–Kier alpha value is -2.71. The standard InChI is InChI=1S/C24H32N2O5S/c1-16(2)22(23(28)31-24(4,5)6)26-32(29,30)21-13-11-20(12-14-21)19-9-7-18(8-10-19)15-25-17(3)27/h7-14,16,22,26H,15H2,1-6H3,(H,25,27)/t22-/m1/s1. The zero-order chi connectivity index (χ0) is 24.1. The van der Waals surface area contributed by atoms with E-state index in [0.29, 0.717) is 6.54 Å². The van der Waals surface area contributed by atoms with Crippen molar-refractivity contribution in [2.24, 2.45) is 5.92 Å². The van der Waals surface area contributed by atoms with E-state index in [9.17, 15) is 18.0 Å². The molecule has 174 valence electrons. The molecule has 2 rings (SSSR count). The second-order valence-corrected chi connectivity index (χ2v) is 10.7. The highest BCUT2D eigenvalue weighted by molar-refractivity contribution is 7.89. The fraction of sp³-hybridized carbons (Fsp3) is 0.417. The van der Waals surface area contributed by atoms with Gasteiger partial charge in [0.15, 0.2) is 0 Å². The van der Waals surface area contributed by atoms with Crippen LogP contribution in [0.25, 0.3) is 11.1 Å². The lowest BCUT2D eigenvalue weighted by atomic mass is 10.0. The van der Waals surface area contributed by atoms with Crippen molar-refractivity contribution in [1.29, 1.82) is 0 Å².